The summed E-state index contributed by atoms with van der Waals surface area (Å²) in [4.78, 5) is 25.6. The first-order valence-electron chi connectivity index (χ1n) is 0.730. The minimum absolute atomic E-state index is 0. The molecular formula is Ca8O4P+13. The normalized spacial score (nSPS) is 4.54. The van der Waals surface area contributed by atoms with Crippen LogP contribution in [0.5, 0.6) is 0 Å². The predicted octanol–water partition coefficient (Wildman–Crippen LogP) is -5.87. The average Bonchev–Trinajstić information content (AvgIpc) is 0.722. The third-order valence-corrected chi connectivity index (χ3v) is 0. The molecule has 13 heteroatoms. The van der Waals surface area contributed by atoms with Gasteiger partial charge in [-0.2, -0.15) is 7.82 Å². The Labute approximate surface area is 317 Å². The Hall–Kier alpha value is 10.2. The van der Waals surface area contributed by atoms with E-state index in [-0.39, 0.29) is 302 Å². The summed E-state index contributed by atoms with van der Waals surface area (Å²) in [5.74, 6) is 0. The first-order chi connectivity index (χ1) is 2.00. The second-order valence-corrected chi connectivity index (χ2v) is 1.34. The maximum atomic E-state index is 8.55. The van der Waals surface area contributed by atoms with Crippen LogP contribution in [0.25, 0.3) is 0 Å². The van der Waals surface area contributed by atoms with E-state index in [1.54, 1.807) is 0 Å². The van der Waals surface area contributed by atoms with E-state index in [0.717, 1.165) is 0 Å². The van der Waals surface area contributed by atoms with Gasteiger partial charge >= 0.3 is 302 Å². The van der Waals surface area contributed by atoms with Gasteiger partial charge in [0.25, 0.3) is 0 Å². The molecule has 32 valence electrons. The van der Waals surface area contributed by atoms with Crippen molar-refractivity contribution in [3.05, 3.63) is 0 Å². The monoisotopic (exact) mass is 415 g/mol. The van der Waals surface area contributed by atoms with Gasteiger partial charge < -0.3 is 19.2 Å². The van der Waals surface area contributed by atoms with Crippen LogP contribution in [0.1, 0.15) is 0 Å². The Morgan fingerprint density at radius 2 is 0.538 bits per heavy atom. The fourth-order valence-electron chi connectivity index (χ4n) is 0. The molecule has 0 atom stereocenters. The molecule has 0 bridgehead atoms. The fraction of sp³-hybridized carbons (Fsp3) is 0. The number of rotatable bonds is 0. The SMILES string of the molecule is O=P([O-])([O-])[O-].[Ca+2].[Ca+2].[Ca+2].[Ca+2].[Ca+2].[Ca+2].[Ca+2].[Ca+2]. The molecule has 0 aliphatic heterocycles. The molecule has 4 nitrogen and oxygen atoms in total. The molecule has 0 aromatic rings. The van der Waals surface area contributed by atoms with Crippen LogP contribution in [-0.2, 0) is 4.57 Å². The molecule has 0 aromatic carbocycles. The molecular weight excluding hydrogens is 416 g/mol. The van der Waals surface area contributed by atoms with Crippen LogP contribution in [-0.4, -0.2) is 302 Å². The molecule has 0 aliphatic carbocycles. The molecule has 0 amide bonds. The van der Waals surface area contributed by atoms with Gasteiger partial charge in [-0.1, -0.05) is 0 Å². The molecule has 0 unspecified atom stereocenters. The Bertz CT molecular complexity index is 62.3. The van der Waals surface area contributed by atoms with E-state index >= 15 is 0 Å². The van der Waals surface area contributed by atoms with Crippen molar-refractivity contribution < 1.29 is 19.2 Å². The van der Waals surface area contributed by atoms with Crippen molar-refractivity contribution in [3.8, 4) is 0 Å². The zero-order chi connectivity index (χ0) is 4.50. The van der Waals surface area contributed by atoms with Gasteiger partial charge in [0.15, 0.2) is 0 Å². The van der Waals surface area contributed by atoms with E-state index in [1.165, 1.54) is 0 Å². The molecule has 0 rings (SSSR count). The van der Waals surface area contributed by atoms with E-state index < -0.39 is 7.82 Å². The van der Waals surface area contributed by atoms with E-state index in [1.807, 2.05) is 0 Å². The molecule has 0 aliphatic rings. The summed E-state index contributed by atoms with van der Waals surface area (Å²) < 4.78 is 8.55. The van der Waals surface area contributed by atoms with Crippen LogP contribution >= 0.6 is 7.82 Å². The molecule has 0 saturated heterocycles. The largest absolute Gasteiger partial charge is 2.00 e. The topological polar surface area (TPSA) is 86.2 Å². The quantitative estimate of drug-likeness (QED) is 0.291. The summed E-state index contributed by atoms with van der Waals surface area (Å²) in [7, 11) is -5.39. The van der Waals surface area contributed by atoms with Gasteiger partial charge in [0.05, 0.1) is 0 Å². The molecule has 0 saturated carbocycles. The minimum atomic E-state index is -5.39. The average molecular weight is 416 g/mol. The van der Waals surface area contributed by atoms with Crippen molar-refractivity contribution in [3.63, 3.8) is 0 Å². The van der Waals surface area contributed by atoms with Gasteiger partial charge in [0.2, 0.25) is 0 Å². The van der Waals surface area contributed by atoms with Gasteiger partial charge in [-0.05, 0) is 0 Å². The predicted molar refractivity (Wildman–Crippen MR) is 53.6 cm³/mol. The van der Waals surface area contributed by atoms with Gasteiger partial charge in [-0.25, -0.2) is 0 Å². The Kier molecular flexibility index (Phi) is 166. The Morgan fingerprint density at radius 1 is 0.538 bits per heavy atom. The van der Waals surface area contributed by atoms with Gasteiger partial charge in [0.1, 0.15) is 0 Å². The molecule has 0 N–H and O–H groups in total. The van der Waals surface area contributed by atoms with Crippen LogP contribution in [0.3, 0.4) is 0 Å². The van der Waals surface area contributed by atoms with Crippen LogP contribution in [0.15, 0.2) is 0 Å². The van der Waals surface area contributed by atoms with Crippen LogP contribution in [0, 0.1) is 0 Å². The second kappa shape index (κ2) is 38.0. The minimum Gasteiger partial charge on any atom is -0.822 e. The van der Waals surface area contributed by atoms with E-state index in [4.69, 9.17) is 19.2 Å². The van der Waals surface area contributed by atoms with Crippen molar-refractivity contribution in [1.29, 1.82) is 0 Å². The van der Waals surface area contributed by atoms with Gasteiger partial charge in [-0.3, -0.25) is 0 Å². The maximum Gasteiger partial charge on any atom is 2.00 e. The van der Waals surface area contributed by atoms with E-state index in [0.29, 0.717) is 0 Å². The Balaban J connectivity index is -0.00000000286. The van der Waals surface area contributed by atoms with Crippen LogP contribution in [0.2, 0.25) is 0 Å². The molecule has 0 radical (unpaired) electrons. The van der Waals surface area contributed by atoms with Crippen molar-refractivity contribution in [2.75, 3.05) is 0 Å². The number of hydrogen-bond donors (Lipinski definition) is 0. The van der Waals surface area contributed by atoms with E-state index in [9.17, 15) is 0 Å². The molecule has 0 spiro atoms. The zero-order valence-electron chi connectivity index (χ0n) is 7.74. The summed E-state index contributed by atoms with van der Waals surface area (Å²) in [5, 5.41) is 0. The summed E-state index contributed by atoms with van der Waals surface area (Å²) in [6.07, 6.45) is 0. The van der Waals surface area contributed by atoms with Crippen LogP contribution < -0.4 is 14.7 Å². The fourth-order valence-corrected chi connectivity index (χ4v) is 0. The molecule has 0 heterocycles. The van der Waals surface area contributed by atoms with Crippen LogP contribution in [0.4, 0.5) is 0 Å². The van der Waals surface area contributed by atoms with Crippen molar-refractivity contribution in [2.24, 2.45) is 0 Å². The first kappa shape index (κ1) is 56.7. The summed E-state index contributed by atoms with van der Waals surface area (Å²) in [5.41, 5.74) is 0. The summed E-state index contributed by atoms with van der Waals surface area (Å²) in [6, 6.07) is 0. The Morgan fingerprint density at radius 3 is 0.538 bits per heavy atom. The zero-order valence-corrected chi connectivity index (χ0v) is 26.3. The first-order valence-corrected chi connectivity index (χ1v) is 2.19. The second-order valence-electron chi connectivity index (χ2n) is 0.447. The third-order valence-electron chi connectivity index (χ3n) is 0. The molecule has 0 fully saturated rings. The third kappa shape index (κ3) is 87.1. The maximum absolute atomic E-state index is 8.55. The van der Waals surface area contributed by atoms with Gasteiger partial charge in [0, 0.05) is 0 Å². The van der Waals surface area contributed by atoms with Gasteiger partial charge in [-0.15, -0.1) is 0 Å². The standard InChI is InChI=1S/8Ca.H3O4P/c;;;;;;;;1-5(2,3)4/h;;;;;;;;(H3,1,2,3,4)/q8*+2;/p-3. The molecule has 13 heavy (non-hydrogen) atoms. The van der Waals surface area contributed by atoms with Crippen molar-refractivity contribution in [1.82, 2.24) is 0 Å². The number of hydrogen-bond acceptors (Lipinski definition) is 4. The summed E-state index contributed by atoms with van der Waals surface area (Å²) >= 11 is 0. The summed E-state index contributed by atoms with van der Waals surface area (Å²) in [6.45, 7) is 0. The number of phosphoric acid groups is 1. The smallest absolute Gasteiger partial charge is 0.822 e. The van der Waals surface area contributed by atoms with Crippen molar-refractivity contribution >= 4 is 310 Å². The molecule has 0 aromatic heterocycles. The van der Waals surface area contributed by atoms with Crippen molar-refractivity contribution in [2.45, 2.75) is 0 Å². The van der Waals surface area contributed by atoms with E-state index in [2.05, 4.69) is 0 Å².